The Hall–Kier alpha value is -1.94. The Morgan fingerprint density at radius 2 is 0.495 bits per heavy atom. The minimum atomic E-state index is -4.95. The van der Waals surface area contributed by atoms with Crippen LogP contribution in [0.1, 0.15) is 388 Å². The monoisotopic (exact) mass is 1370 g/mol. The van der Waals surface area contributed by atoms with Gasteiger partial charge in [0, 0.05) is 25.7 Å². The SMILES string of the molecule is CCCCCCCCCCCCCCCCCCCCCC(=O)O[C@H](COC(=O)CCCCCCCCCCCCCCCC)COP(=O)(O)OC[C@@H](O)COP(=O)(O)OC[C@@H](COC(=O)CCCCCCCCC(C)C)OC(=O)CCCCCCCCCCCCC. The van der Waals surface area contributed by atoms with Crippen LogP contribution in [-0.4, -0.2) is 96.7 Å². The van der Waals surface area contributed by atoms with Gasteiger partial charge in [0.15, 0.2) is 12.2 Å². The molecule has 17 nitrogen and oxygen atoms in total. The number of aliphatic hydroxyl groups is 1. The lowest BCUT2D eigenvalue weighted by atomic mass is 10.0. The van der Waals surface area contributed by atoms with E-state index in [1.165, 1.54) is 205 Å². The van der Waals surface area contributed by atoms with E-state index in [9.17, 15) is 43.2 Å². The maximum atomic E-state index is 13.1. The summed E-state index contributed by atoms with van der Waals surface area (Å²) in [4.78, 5) is 72.6. The van der Waals surface area contributed by atoms with Crippen LogP contribution >= 0.6 is 15.6 Å². The minimum absolute atomic E-state index is 0.106. The summed E-state index contributed by atoms with van der Waals surface area (Å²) < 4.78 is 68.4. The summed E-state index contributed by atoms with van der Waals surface area (Å²) in [6, 6.07) is 0. The van der Waals surface area contributed by atoms with E-state index in [4.69, 9.17) is 37.0 Å². The molecule has 0 aliphatic heterocycles. The normalized spacial score (nSPS) is 14.0. The van der Waals surface area contributed by atoms with Crippen molar-refractivity contribution in [1.29, 1.82) is 0 Å². The van der Waals surface area contributed by atoms with E-state index in [0.29, 0.717) is 31.6 Å². The highest BCUT2D eigenvalue weighted by Gasteiger charge is 2.30. The van der Waals surface area contributed by atoms with E-state index in [2.05, 4.69) is 34.6 Å². The zero-order valence-corrected chi connectivity index (χ0v) is 62.2. The highest BCUT2D eigenvalue weighted by atomic mass is 31.2. The molecule has 0 fully saturated rings. The Morgan fingerprint density at radius 1 is 0.290 bits per heavy atom. The van der Waals surface area contributed by atoms with Gasteiger partial charge in [-0.2, -0.15) is 0 Å². The summed E-state index contributed by atoms with van der Waals surface area (Å²) in [7, 11) is -9.90. The number of rotatable bonds is 74. The molecule has 0 amide bonds. The Kier molecular flexibility index (Phi) is 65.9. The number of phosphoric ester groups is 2. The predicted molar refractivity (Wildman–Crippen MR) is 377 cm³/mol. The van der Waals surface area contributed by atoms with Gasteiger partial charge in [0.25, 0.3) is 0 Å². The molecule has 0 spiro atoms. The van der Waals surface area contributed by atoms with E-state index in [-0.39, 0.29) is 25.7 Å². The van der Waals surface area contributed by atoms with Crippen LogP contribution in [0.2, 0.25) is 0 Å². The second kappa shape index (κ2) is 67.3. The van der Waals surface area contributed by atoms with Crippen molar-refractivity contribution in [2.24, 2.45) is 5.92 Å². The van der Waals surface area contributed by atoms with Crippen molar-refractivity contribution >= 4 is 39.5 Å². The lowest BCUT2D eigenvalue weighted by Crippen LogP contribution is -2.30. The highest BCUT2D eigenvalue weighted by Crippen LogP contribution is 2.45. The predicted octanol–water partition coefficient (Wildman–Crippen LogP) is 21.7. The number of aliphatic hydroxyl groups excluding tert-OH is 1. The third-order valence-electron chi connectivity index (χ3n) is 17.3. The first-order chi connectivity index (χ1) is 45.0. The molecular weight excluding hydrogens is 1220 g/mol. The molecule has 93 heavy (non-hydrogen) atoms. The van der Waals surface area contributed by atoms with E-state index in [1.54, 1.807) is 0 Å². The summed E-state index contributed by atoms with van der Waals surface area (Å²) in [5.74, 6) is -1.44. The molecule has 0 aromatic carbocycles. The first-order valence-electron chi connectivity index (χ1n) is 38.6. The maximum absolute atomic E-state index is 13.1. The number of esters is 4. The molecular formula is C74H144O17P2. The standard InChI is InChI=1S/C74H144O17P2/c1-6-9-12-15-18-21-24-26-28-29-30-31-32-34-37-40-43-50-55-60-74(79)90-69(63-84-71(76)57-52-47-41-38-36-33-27-25-22-19-16-13-10-7-2)65-88-92(80,81)86-61-68(75)62-87-93(82,83)89-66-70(64-85-72(77)58-53-48-45-44-46-51-56-67(4)5)91-73(78)59-54-49-42-39-35-23-20-17-14-11-8-3/h67-70,75H,6-66H2,1-5H3,(H,80,81)(H,82,83)/t68-,69-,70-/m1/s1. The van der Waals surface area contributed by atoms with Gasteiger partial charge < -0.3 is 33.8 Å². The summed E-state index contributed by atoms with van der Waals surface area (Å²) in [6.45, 7) is 7.19. The highest BCUT2D eigenvalue weighted by molar-refractivity contribution is 7.47. The topological polar surface area (TPSA) is 237 Å². The number of carbonyl (C=O) groups is 4. The van der Waals surface area contributed by atoms with Gasteiger partial charge in [0.05, 0.1) is 26.4 Å². The van der Waals surface area contributed by atoms with Gasteiger partial charge in [-0.3, -0.25) is 37.3 Å². The Labute approximate surface area is 568 Å². The molecule has 0 bridgehead atoms. The van der Waals surface area contributed by atoms with Crippen molar-refractivity contribution in [2.75, 3.05) is 39.6 Å². The molecule has 2 unspecified atom stereocenters. The Morgan fingerprint density at radius 3 is 0.731 bits per heavy atom. The van der Waals surface area contributed by atoms with Crippen molar-refractivity contribution in [3.8, 4) is 0 Å². The second-order valence-corrected chi connectivity index (χ2v) is 30.1. The van der Waals surface area contributed by atoms with Crippen LogP contribution < -0.4 is 0 Å². The number of hydrogen-bond acceptors (Lipinski definition) is 15. The van der Waals surface area contributed by atoms with Gasteiger partial charge in [-0.15, -0.1) is 0 Å². The number of unbranched alkanes of at least 4 members (excludes halogenated alkanes) is 46. The molecule has 0 aliphatic carbocycles. The van der Waals surface area contributed by atoms with Gasteiger partial charge in [-0.1, -0.05) is 336 Å². The molecule has 0 heterocycles. The first kappa shape index (κ1) is 91.1. The van der Waals surface area contributed by atoms with Crippen LogP contribution in [0.4, 0.5) is 0 Å². The molecule has 0 aliphatic rings. The minimum Gasteiger partial charge on any atom is -0.462 e. The summed E-state index contributed by atoms with van der Waals surface area (Å²) in [5, 5.41) is 10.6. The molecule has 5 atom stereocenters. The van der Waals surface area contributed by atoms with Gasteiger partial charge in [-0.25, -0.2) is 9.13 Å². The van der Waals surface area contributed by atoms with Crippen LogP contribution in [0.3, 0.4) is 0 Å². The number of ether oxygens (including phenoxy) is 4. The molecule has 19 heteroatoms. The molecule has 0 aromatic heterocycles. The number of phosphoric acid groups is 2. The summed E-state index contributed by atoms with van der Waals surface area (Å²) >= 11 is 0. The Balaban J connectivity index is 5.21. The fourth-order valence-electron chi connectivity index (χ4n) is 11.4. The molecule has 552 valence electrons. The van der Waals surface area contributed by atoms with Crippen LogP contribution in [0, 0.1) is 5.92 Å². The number of hydrogen-bond donors (Lipinski definition) is 3. The summed E-state index contributed by atoms with van der Waals surface area (Å²) in [6.07, 6.45) is 55.6. The van der Waals surface area contributed by atoms with E-state index in [0.717, 1.165) is 96.3 Å². The molecule has 0 saturated heterocycles. The van der Waals surface area contributed by atoms with Crippen LogP contribution in [-0.2, 0) is 65.4 Å². The first-order valence-corrected chi connectivity index (χ1v) is 41.6. The van der Waals surface area contributed by atoms with E-state index in [1.807, 2.05) is 0 Å². The fraction of sp³-hybridized carbons (Fsp3) is 0.946. The molecule has 3 N–H and O–H groups in total. The average molecular weight is 1370 g/mol. The largest absolute Gasteiger partial charge is 0.472 e. The van der Waals surface area contributed by atoms with Crippen LogP contribution in [0.15, 0.2) is 0 Å². The molecule has 0 saturated carbocycles. The van der Waals surface area contributed by atoms with Crippen molar-refractivity contribution in [1.82, 2.24) is 0 Å². The second-order valence-electron chi connectivity index (χ2n) is 27.2. The molecule has 0 radical (unpaired) electrons. The third kappa shape index (κ3) is 68.4. The smallest absolute Gasteiger partial charge is 0.462 e. The van der Waals surface area contributed by atoms with Crippen LogP contribution in [0.5, 0.6) is 0 Å². The van der Waals surface area contributed by atoms with Gasteiger partial charge in [0.2, 0.25) is 0 Å². The fourth-order valence-corrected chi connectivity index (χ4v) is 12.9. The van der Waals surface area contributed by atoms with Crippen LogP contribution in [0.25, 0.3) is 0 Å². The Bertz CT molecular complexity index is 1790. The molecule has 0 aromatic rings. The van der Waals surface area contributed by atoms with Crippen molar-refractivity contribution < 1.29 is 80.2 Å². The van der Waals surface area contributed by atoms with Crippen molar-refractivity contribution in [3.63, 3.8) is 0 Å². The number of carbonyl (C=O) groups excluding carboxylic acids is 4. The van der Waals surface area contributed by atoms with Crippen molar-refractivity contribution in [2.45, 2.75) is 406 Å². The average Bonchev–Trinajstić information content (AvgIpc) is 1.89. The zero-order valence-electron chi connectivity index (χ0n) is 60.4. The quantitative estimate of drug-likeness (QED) is 0.0222. The maximum Gasteiger partial charge on any atom is 0.472 e. The van der Waals surface area contributed by atoms with E-state index >= 15 is 0 Å². The van der Waals surface area contributed by atoms with Crippen molar-refractivity contribution in [3.05, 3.63) is 0 Å². The lowest BCUT2D eigenvalue weighted by molar-refractivity contribution is -0.161. The zero-order chi connectivity index (χ0) is 68.4. The van der Waals surface area contributed by atoms with Gasteiger partial charge >= 0.3 is 39.5 Å². The third-order valence-corrected chi connectivity index (χ3v) is 19.2. The molecule has 0 rings (SSSR count). The van der Waals surface area contributed by atoms with Gasteiger partial charge in [0.1, 0.15) is 19.3 Å². The summed E-state index contributed by atoms with van der Waals surface area (Å²) in [5.41, 5.74) is 0. The van der Waals surface area contributed by atoms with E-state index < -0.39 is 97.5 Å². The van der Waals surface area contributed by atoms with Gasteiger partial charge in [-0.05, 0) is 31.6 Å². The lowest BCUT2D eigenvalue weighted by Gasteiger charge is -2.21.